The fraction of sp³-hybridized carbons (Fsp3) is 0.308. The van der Waals surface area contributed by atoms with Gasteiger partial charge in [-0.05, 0) is 24.6 Å². The molecule has 0 bridgehead atoms. The summed E-state index contributed by atoms with van der Waals surface area (Å²) in [5.74, 6) is 0.790. The van der Waals surface area contributed by atoms with E-state index >= 15 is 0 Å². The summed E-state index contributed by atoms with van der Waals surface area (Å²) in [6.07, 6.45) is 0.959. The van der Waals surface area contributed by atoms with Crippen LogP contribution in [0.3, 0.4) is 0 Å². The van der Waals surface area contributed by atoms with Crippen LogP contribution in [0.25, 0.3) is 0 Å². The third-order valence-corrected chi connectivity index (χ3v) is 2.89. The van der Waals surface area contributed by atoms with Crippen molar-refractivity contribution in [3.05, 3.63) is 28.2 Å². The molecule has 1 aromatic heterocycles. The Morgan fingerprint density at radius 2 is 1.71 bits per heavy atom. The molecule has 0 saturated carbocycles. The number of anilines is 3. The predicted molar refractivity (Wildman–Crippen MR) is 84.9 cm³/mol. The smallest absolute Gasteiger partial charge is 0.322 e. The number of methoxy groups -OCH3 is 1. The number of hydrogen-bond acceptors (Lipinski definition) is 6. The molecule has 8 heteroatoms. The van der Waals surface area contributed by atoms with E-state index in [0.717, 1.165) is 13.0 Å². The van der Waals surface area contributed by atoms with E-state index in [0.29, 0.717) is 27.6 Å². The van der Waals surface area contributed by atoms with Crippen molar-refractivity contribution in [2.45, 2.75) is 13.3 Å². The van der Waals surface area contributed by atoms with Gasteiger partial charge in [-0.3, -0.25) is 0 Å². The van der Waals surface area contributed by atoms with Crippen LogP contribution in [-0.2, 0) is 0 Å². The van der Waals surface area contributed by atoms with Crippen molar-refractivity contribution < 1.29 is 4.74 Å². The van der Waals surface area contributed by atoms with E-state index in [9.17, 15) is 0 Å². The molecule has 2 rings (SSSR count). The van der Waals surface area contributed by atoms with E-state index in [1.165, 1.54) is 7.11 Å². The second-order valence-corrected chi connectivity index (χ2v) is 5.05. The van der Waals surface area contributed by atoms with Crippen molar-refractivity contribution in [3.8, 4) is 6.01 Å². The van der Waals surface area contributed by atoms with Gasteiger partial charge in [0.2, 0.25) is 11.9 Å². The SMILES string of the molecule is CCCNc1nc(Nc2cc(Cl)cc(Cl)c2)nc(OC)n1. The number of nitrogens with zero attached hydrogens (tertiary/aromatic N) is 3. The molecule has 1 heterocycles. The highest BCUT2D eigenvalue weighted by atomic mass is 35.5. The minimum absolute atomic E-state index is 0.222. The minimum Gasteiger partial charge on any atom is -0.467 e. The molecule has 0 amide bonds. The first kappa shape index (κ1) is 15.6. The summed E-state index contributed by atoms with van der Waals surface area (Å²) in [6.45, 7) is 2.81. The van der Waals surface area contributed by atoms with E-state index in [1.54, 1.807) is 18.2 Å². The first-order chi connectivity index (χ1) is 10.1. The van der Waals surface area contributed by atoms with Crippen LogP contribution in [-0.4, -0.2) is 28.6 Å². The van der Waals surface area contributed by atoms with E-state index in [1.807, 2.05) is 0 Å². The molecule has 0 saturated heterocycles. The van der Waals surface area contributed by atoms with Gasteiger partial charge in [0, 0.05) is 22.3 Å². The van der Waals surface area contributed by atoms with Gasteiger partial charge in [0.05, 0.1) is 7.11 Å². The summed E-state index contributed by atoms with van der Waals surface area (Å²) in [5.41, 5.74) is 0.683. The zero-order valence-electron chi connectivity index (χ0n) is 11.7. The third kappa shape index (κ3) is 4.61. The Bertz CT molecular complexity index is 603. The van der Waals surface area contributed by atoms with Crippen LogP contribution in [0.1, 0.15) is 13.3 Å². The summed E-state index contributed by atoms with van der Waals surface area (Å²) in [4.78, 5) is 12.5. The van der Waals surface area contributed by atoms with Crippen LogP contribution >= 0.6 is 23.2 Å². The molecule has 0 unspecified atom stereocenters. The topological polar surface area (TPSA) is 72.0 Å². The molecule has 0 radical (unpaired) electrons. The van der Waals surface area contributed by atoms with Crippen molar-refractivity contribution >= 4 is 40.8 Å². The molecule has 0 fully saturated rings. The quantitative estimate of drug-likeness (QED) is 0.841. The van der Waals surface area contributed by atoms with Crippen LogP contribution in [0.5, 0.6) is 6.01 Å². The van der Waals surface area contributed by atoms with Gasteiger partial charge < -0.3 is 15.4 Å². The molecule has 2 aromatic rings. The molecule has 21 heavy (non-hydrogen) atoms. The fourth-order valence-electron chi connectivity index (χ4n) is 1.57. The lowest BCUT2D eigenvalue weighted by Crippen LogP contribution is -2.09. The van der Waals surface area contributed by atoms with Crippen molar-refractivity contribution in [2.24, 2.45) is 0 Å². The van der Waals surface area contributed by atoms with E-state index < -0.39 is 0 Å². The van der Waals surface area contributed by atoms with Crippen molar-refractivity contribution in [2.75, 3.05) is 24.3 Å². The molecule has 6 nitrogen and oxygen atoms in total. The number of benzene rings is 1. The lowest BCUT2D eigenvalue weighted by atomic mass is 10.3. The highest BCUT2D eigenvalue weighted by Crippen LogP contribution is 2.24. The molecular formula is C13H15Cl2N5O. The molecule has 112 valence electrons. The second kappa shape index (κ2) is 7.28. The first-order valence-electron chi connectivity index (χ1n) is 6.37. The fourth-order valence-corrected chi connectivity index (χ4v) is 2.10. The molecule has 0 aliphatic rings. The molecular weight excluding hydrogens is 313 g/mol. The van der Waals surface area contributed by atoms with Crippen LogP contribution < -0.4 is 15.4 Å². The van der Waals surface area contributed by atoms with Gasteiger partial charge in [0.15, 0.2) is 0 Å². The maximum atomic E-state index is 5.96. The van der Waals surface area contributed by atoms with Crippen LogP contribution in [0.4, 0.5) is 17.6 Å². The van der Waals surface area contributed by atoms with Gasteiger partial charge in [-0.2, -0.15) is 15.0 Å². The number of aromatic nitrogens is 3. The Balaban J connectivity index is 2.25. The standard InChI is InChI=1S/C13H15Cl2N5O/c1-3-4-16-11-18-12(20-13(19-11)21-2)17-10-6-8(14)5-9(15)7-10/h5-7H,3-4H2,1-2H3,(H2,16,17,18,19,20). The normalized spacial score (nSPS) is 10.3. The molecule has 1 aromatic carbocycles. The molecule has 0 atom stereocenters. The molecule has 0 spiro atoms. The third-order valence-electron chi connectivity index (χ3n) is 2.45. The highest BCUT2D eigenvalue weighted by molar-refractivity contribution is 6.35. The molecule has 0 aliphatic heterocycles. The number of rotatable bonds is 6. The zero-order chi connectivity index (χ0) is 15.2. The Labute approximate surface area is 132 Å². The maximum Gasteiger partial charge on any atom is 0.322 e. The highest BCUT2D eigenvalue weighted by Gasteiger charge is 2.07. The van der Waals surface area contributed by atoms with Crippen molar-refractivity contribution in [1.29, 1.82) is 0 Å². The lowest BCUT2D eigenvalue weighted by molar-refractivity contribution is 0.379. The van der Waals surface area contributed by atoms with Gasteiger partial charge >= 0.3 is 6.01 Å². The van der Waals surface area contributed by atoms with Crippen LogP contribution in [0.2, 0.25) is 10.0 Å². The van der Waals surface area contributed by atoms with Crippen LogP contribution in [0, 0.1) is 0 Å². The second-order valence-electron chi connectivity index (χ2n) is 4.18. The van der Waals surface area contributed by atoms with Gasteiger partial charge in [0.1, 0.15) is 0 Å². The zero-order valence-corrected chi connectivity index (χ0v) is 13.2. The summed E-state index contributed by atoms with van der Waals surface area (Å²) in [7, 11) is 1.50. The average Bonchev–Trinajstić information content (AvgIpc) is 2.43. The van der Waals surface area contributed by atoms with Gasteiger partial charge in [-0.1, -0.05) is 30.1 Å². The summed E-state index contributed by atoms with van der Waals surface area (Å²) < 4.78 is 5.07. The van der Waals surface area contributed by atoms with Gasteiger partial charge in [-0.15, -0.1) is 0 Å². The lowest BCUT2D eigenvalue weighted by Gasteiger charge is -2.09. The number of hydrogen-bond donors (Lipinski definition) is 2. The Morgan fingerprint density at radius 1 is 1.05 bits per heavy atom. The predicted octanol–water partition coefficient (Wildman–Crippen LogP) is 3.75. The van der Waals surface area contributed by atoms with E-state index in [-0.39, 0.29) is 6.01 Å². The first-order valence-corrected chi connectivity index (χ1v) is 7.13. The van der Waals surface area contributed by atoms with Gasteiger partial charge in [-0.25, -0.2) is 0 Å². The number of ether oxygens (including phenoxy) is 1. The van der Waals surface area contributed by atoms with Crippen molar-refractivity contribution in [1.82, 2.24) is 15.0 Å². The summed E-state index contributed by atoms with van der Waals surface area (Å²) in [5, 5.41) is 7.16. The molecule has 2 N–H and O–H groups in total. The summed E-state index contributed by atoms with van der Waals surface area (Å²) in [6, 6.07) is 5.32. The van der Waals surface area contributed by atoms with E-state index in [2.05, 4.69) is 32.5 Å². The van der Waals surface area contributed by atoms with Gasteiger partial charge in [0.25, 0.3) is 0 Å². The number of halogens is 2. The number of nitrogens with one attached hydrogen (secondary N) is 2. The monoisotopic (exact) mass is 327 g/mol. The van der Waals surface area contributed by atoms with E-state index in [4.69, 9.17) is 27.9 Å². The summed E-state index contributed by atoms with van der Waals surface area (Å²) >= 11 is 11.9. The van der Waals surface area contributed by atoms with Crippen molar-refractivity contribution in [3.63, 3.8) is 0 Å². The molecule has 0 aliphatic carbocycles. The Kier molecular flexibility index (Phi) is 5.41. The Morgan fingerprint density at radius 3 is 2.33 bits per heavy atom. The maximum absolute atomic E-state index is 5.96. The largest absolute Gasteiger partial charge is 0.467 e. The average molecular weight is 328 g/mol. The van der Waals surface area contributed by atoms with Crippen LogP contribution in [0.15, 0.2) is 18.2 Å². The minimum atomic E-state index is 0.222. The Hall–Kier alpha value is -1.79.